The van der Waals surface area contributed by atoms with Crippen LogP contribution in [0.2, 0.25) is 0 Å². The Bertz CT molecular complexity index is 1150. The van der Waals surface area contributed by atoms with Crippen molar-refractivity contribution in [3.05, 3.63) is 54.6 Å². The lowest BCUT2D eigenvalue weighted by atomic mass is 9.94. The summed E-state index contributed by atoms with van der Waals surface area (Å²) < 4.78 is 2.05. The molecule has 2 aromatic heterocycles. The van der Waals surface area contributed by atoms with Crippen molar-refractivity contribution < 1.29 is 0 Å². The number of allylic oxidation sites excluding steroid dienone is 1. The topological polar surface area (TPSA) is 49.2 Å². The van der Waals surface area contributed by atoms with Crippen molar-refractivity contribution in [2.75, 3.05) is 38.0 Å². The molecule has 2 saturated heterocycles. The lowest BCUT2D eigenvalue weighted by molar-refractivity contribution is 0.200. The van der Waals surface area contributed by atoms with E-state index >= 15 is 0 Å². The lowest BCUT2D eigenvalue weighted by Crippen LogP contribution is -2.35. The van der Waals surface area contributed by atoms with Crippen LogP contribution in [0.3, 0.4) is 0 Å². The Labute approximate surface area is 210 Å². The molecule has 2 fully saturated rings. The molecule has 4 heterocycles. The molecule has 6 heteroatoms. The van der Waals surface area contributed by atoms with Gasteiger partial charge in [-0.25, -0.2) is 4.98 Å². The molecule has 0 bridgehead atoms. The molecule has 1 aromatic carbocycles. The first-order valence-electron chi connectivity index (χ1n) is 13.4. The summed E-state index contributed by atoms with van der Waals surface area (Å²) in [5.41, 5.74) is 4.84. The minimum absolute atomic E-state index is 0.514. The number of hydrogen-bond acceptors (Lipinski definition) is 5. The maximum Gasteiger partial charge on any atom is 0.130 e. The van der Waals surface area contributed by atoms with Gasteiger partial charge in [-0.1, -0.05) is 32.1 Å². The molecule has 3 aromatic rings. The van der Waals surface area contributed by atoms with E-state index in [1.54, 1.807) is 0 Å². The Balaban J connectivity index is 1.31. The number of anilines is 1. The summed E-state index contributed by atoms with van der Waals surface area (Å²) >= 11 is 0. The lowest BCUT2D eigenvalue weighted by Gasteiger charge is -2.32. The van der Waals surface area contributed by atoms with Gasteiger partial charge < -0.3 is 10.2 Å². The van der Waals surface area contributed by atoms with Crippen LogP contribution < -0.4 is 5.32 Å². The Morgan fingerprint density at radius 2 is 1.80 bits per heavy atom. The smallest absolute Gasteiger partial charge is 0.130 e. The monoisotopic (exact) mass is 472 g/mol. The third-order valence-corrected chi connectivity index (χ3v) is 7.83. The summed E-state index contributed by atoms with van der Waals surface area (Å²) in [7, 11) is 2.06. The number of aryl methyl sites for hydroxylation is 1. The van der Waals surface area contributed by atoms with E-state index in [2.05, 4.69) is 70.0 Å². The molecule has 2 aliphatic rings. The van der Waals surface area contributed by atoms with Crippen molar-refractivity contribution in [3.8, 4) is 11.1 Å². The number of nitrogens with zero attached hydrogens (tertiary/aromatic N) is 5. The molecule has 0 aliphatic carbocycles. The fraction of sp³-hybridized carbons (Fsp3) is 0.517. The average molecular weight is 473 g/mol. The van der Waals surface area contributed by atoms with E-state index in [1.807, 2.05) is 17.1 Å². The Morgan fingerprint density at radius 3 is 2.57 bits per heavy atom. The Morgan fingerprint density at radius 1 is 1.00 bits per heavy atom. The predicted molar refractivity (Wildman–Crippen MR) is 145 cm³/mol. The third-order valence-electron chi connectivity index (χ3n) is 7.83. The number of piperidine rings is 2. The maximum absolute atomic E-state index is 4.68. The van der Waals surface area contributed by atoms with Crippen LogP contribution in [-0.2, 0) is 13.6 Å². The normalized spacial score (nSPS) is 18.2. The van der Waals surface area contributed by atoms with Crippen LogP contribution >= 0.6 is 0 Å². The molecule has 6 nitrogen and oxygen atoms in total. The van der Waals surface area contributed by atoms with E-state index in [0.29, 0.717) is 5.92 Å². The van der Waals surface area contributed by atoms with E-state index in [9.17, 15) is 0 Å². The first kappa shape index (κ1) is 24.0. The number of benzene rings is 1. The van der Waals surface area contributed by atoms with Crippen molar-refractivity contribution in [3.63, 3.8) is 0 Å². The van der Waals surface area contributed by atoms with Crippen LogP contribution in [0.15, 0.2) is 48.9 Å². The van der Waals surface area contributed by atoms with Crippen LogP contribution in [0.1, 0.15) is 51.1 Å². The maximum atomic E-state index is 4.68. The summed E-state index contributed by atoms with van der Waals surface area (Å²) in [6.45, 7) is 13.5. The first-order valence-corrected chi connectivity index (χ1v) is 13.4. The van der Waals surface area contributed by atoms with Gasteiger partial charge in [0.2, 0.25) is 0 Å². The van der Waals surface area contributed by atoms with Gasteiger partial charge in [-0.15, -0.1) is 0 Å². The van der Waals surface area contributed by atoms with Gasteiger partial charge in [-0.3, -0.25) is 9.58 Å². The van der Waals surface area contributed by atoms with E-state index < -0.39 is 0 Å². The molecule has 35 heavy (non-hydrogen) atoms. The molecular weight excluding hydrogens is 432 g/mol. The Kier molecular flexibility index (Phi) is 7.49. The molecular formula is C29H40N6. The van der Waals surface area contributed by atoms with Crippen molar-refractivity contribution in [2.24, 2.45) is 13.0 Å². The van der Waals surface area contributed by atoms with Crippen LogP contribution in [0, 0.1) is 5.92 Å². The minimum atomic E-state index is 0.514. The van der Waals surface area contributed by atoms with Crippen LogP contribution in [-0.4, -0.2) is 57.3 Å². The van der Waals surface area contributed by atoms with Crippen molar-refractivity contribution >= 4 is 16.6 Å². The van der Waals surface area contributed by atoms with E-state index in [4.69, 9.17) is 0 Å². The van der Waals surface area contributed by atoms with Crippen molar-refractivity contribution in [1.29, 1.82) is 0 Å². The molecule has 5 rings (SSSR count). The first-order chi connectivity index (χ1) is 17.1. The predicted octanol–water partition coefficient (Wildman–Crippen LogP) is 5.67. The van der Waals surface area contributed by atoms with E-state index in [1.165, 1.54) is 93.5 Å². The molecule has 186 valence electrons. The number of aromatic nitrogens is 3. The fourth-order valence-corrected chi connectivity index (χ4v) is 5.69. The van der Waals surface area contributed by atoms with Gasteiger partial charge in [0, 0.05) is 42.4 Å². The molecule has 0 amide bonds. The molecule has 2 aliphatic heterocycles. The van der Waals surface area contributed by atoms with Gasteiger partial charge in [-0.05, 0) is 87.9 Å². The van der Waals surface area contributed by atoms with Gasteiger partial charge in [-0.2, -0.15) is 5.10 Å². The zero-order valence-corrected chi connectivity index (χ0v) is 21.5. The zero-order valence-electron chi connectivity index (χ0n) is 21.5. The van der Waals surface area contributed by atoms with Crippen molar-refractivity contribution in [1.82, 2.24) is 24.6 Å². The molecule has 0 radical (unpaired) electrons. The summed E-state index contributed by atoms with van der Waals surface area (Å²) in [5.74, 6) is 1.40. The van der Waals surface area contributed by atoms with Gasteiger partial charge in [0.25, 0.3) is 0 Å². The second-order valence-electron chi connectivity index (χ2n) is 10.4. The molecule has 0 atom stereocenters. The van der Waals surface area contributed by atoms with Gasteiger partial charge in [0.05, 0.1) is 11.9 Å². The highest BCUT2D eigenvalue weighted by molar-refractivity contribution is 5.88. The second kappa shape index (κ2) is 10.9. The van der Waals surface area contributed by atoms with Crippen LogP contribution in [0.4, 0.5) is 5.82 Å². The van der Waals surface area contributed by atoms with Gasteiger partial charge >= 0.3 is 0 Å². The largest absolute Gasteiger partial charge is 0.344 e. The number of nitrogens with one attached hydrogen (secondary N) is 1. The second-order valence-corrected chi connectivity index (χ2v) is 10.4. The van der Waals surface area contributed by atoms with E-state index in [-0.39, 0.29) is 0 Å². The number of hydrogen-bond donors (Lipinski definition) is 1. The summed E-state index contributed by atoms with van der Waals surface area (Å²) in [5, 5.41) is 10.5. The fourth-order valence-electron chi connectivity index (χ4n) is 5.69. The molecule has 0 unspecified atom stereocenters. The minimum Gasteiger partial charge on any atom is -0.344 e. The van der Waals surface area contributed by atoms with Crippen LogP contribution in [0.25, 0.3) is 21.9 Å². The summed E-state index contributed by atoms with van der Waals surface area (Å²) in [6, 6.07) is 8.83. The SMILES string of the molecule is C=C(Nc1cc2cc(-c3cnn(C)c3CN3CCCCC3)ccc2cn1)C1CCN(CCC)CC1. The number of fused-ring (bicyclic) bond motifs is 1. The number of rotatable bonds is 8. The molecule has 0 saturated carbocycles. The number of likely N-dealkylation sites (tertiary alicyclic amines) is 2. The standard InChI is InChI=1S/C29H40N6/c1-4-12-34-15-10-23(11-16-34)22(2)32-29-18-26-17-24(8-9-25(26)19-30-29)27-20-31-33(3)28(27)21-35-13-6-5-7-14-35/h8-9,17-20,23H,2,4-7,10-16,21H2,1,3H3,(H,30,32). The van der Waals surface area contributed by atoms with Crippen molar-refractivity contribution in [2.45, 2.75) is 52.0 Å². The Hall–Kier alpha value is -2.70. The van der Waals surface area contributed by atoms with Gasteiger partial charge in [0.15, 0.2) is 0 Å². The average Bonchev–Trinajstić information content (AvgIpc) is 3.24. The third kappa shape index (κ3) is 5.60. The molecule has 0 spiro atoms. The highest BCUT2D eigenvalue weighted by Crippen LogP contribution is 2.30. The van der Waals surface area contributed by atoms with Gasteiger partial charge in [0.1, 0.15) is 5.82 Å². The number of pyridine rings is 1. The summed E-state index contributed by atoms with van der Waals surface area (Å²) in [6.07, 6.45) is 11.5. The van der Waals surface area contributed by atoms with Crippen LogP contribution in [0.5, 0.6) is 0 Å². The zero-order chi connectivity index (χ0) is 24.2. The van der Waals surface area contributed by atoms with E-state index in [0.717, 1.165) is 23.4 Å². The highest BCUT2D eigenvalue weighted by atomic mass is 15.3. The highest BCUT2D eigenvalue weighted by Gasteiger charge is 2.21. The molecule has 1 N–H and O–H groups in total. The quantitative estimate of drug-likeness (QED) is 0.458. The summed E-state index contributed by atoms with van der Waals surface area (Å²) in [4.78, 5) is 9.81.